The Hall–Kier alpha value is -2.08. The van der Waals surface area contributed by atoms with Crippen molar-refractivity contribution in [2.24, 2.45) is 0 Å². The second-order valence-corrected chi connectivity index (χ2v) is 3.98. The van der Waals surface area contributed by atoms with Crippen LogP contribution in [-0.4, -0.2) is 24.2 Å². The predicted octanol–water partition coefficient (Wildman–Crippen LogP) is 2.12. The summed E-state index contributed by atoms with van der Waals surface area (Å²) in [7, 11) is 3.13. The molecule has 2 N–H and O–H groups in total. The Bertz CT molecular complexity index is 647. The van der Waals surface area contributed by atoms with Gasteiger partial charge in [-0.2, -0.15) is 0 Å². The van der Waals surface area contributed by atoms with E-state index in [4.69, 9.17) is 21.7 Å². The molecule has 0 saturated carbocycles. The summed E-state index contributed by atoms with van der Waals surface area (Å²) in [6.07, 6.45) is 0. The number of hydrogen-bond acceptors (Lipinski definition) is 4. The molecular weight excluding hydrogens is 252 g/mol. The first kappa shape index (κ1) is 12.4. The molecule has 1 heterocycles. The van der Waals surface area contributed by atoms with Gasteiger partial charge in [0.15, 0.2) is 4.77 Å². The van der Waals surface area contributed by atoms with Gasteiger partial charge in [0.05, 0.1) is 19.9 Å². The first-order valence-electron chi connectivity index (χ1n) is 5.20. The van der Waals surface area contributed by atoms with E-state index in [0.717, 1.165) is 5.56 Å². The van der Waals surface area contributed by atoms with E-state index in [1.807, 2.05) is 0 Å². The summed E-state index contributed by atoms with van der Waals surface area (Å²) in [6.45, 7) is 0. The van der Waals surface area contributed by atoms with Crippen LogP contribution in [0.25, 0.3) is 11.3 Å². The van der Waals surface area contributed by atoms with Gasteiger partial charge in [-0.25, -0.2) is 0 Å². The SMILES string of the molecule is COc1ccc(-c2cc(=O)[nH]c(=S)[nH]2)c(OC)c1. The molecule has 1 aromatic carbocycles. The maximum absolute atomic E-state index is 11.4. The molecule has 94 valence electrons. The smallest absolute Gasteiger partial charge is 0.252 e. The lowest BCUT2D eigenvalue weighted by Gasteiger charge is -2.10. The fraction of sp³-hybridized carbons (Fsp3) is 0.167. The molecular formula is C12H12N2O3S. The minimum atomic E-state index is -0.258. The maximum atomic E-state index is 11.4. The zero-order valence-corrected chi connectivity index (χ0v) is 10.8. The van der Waals surface area contributed by atoms with E-state index < -0.39 is 0 Å². The van der Waals surface area contributed by atoms with E-state index in [1.165, 1.54) is 6.07 Å². The Kier molecular flexibility index (Phi) is 3.47. The number of H-pyrrole nitrogens is 2. The van der Waals surface area contributed by atoms with Crippen LogP contribution in [0.4, 0.5) is 0 Å². The van der Waals surface area contributed by atoms with Crippen molar-refractivity contribution in [3.05, 3.63) is 39.4 Å². The first-order valence-corrected chi connectivity index (χ1v) is 5.61. The van der Waals surface area contributed by atoms with E-state index in [2.05, 4.69) is 9.97 Å². The lowest BCUT2D eigenvalue weighted by molar-refractivity contribution is 0.395. The van der Waals surface area contributed by atoms with Crippen molar-refractivity contribution in [3.63, 3.8) is 0 Å². The molecule has 0 amide bonds. The zero-order valence-electron chi connectivity index (χ0n) is 9.94. The van der Waals surface area contributed by atoms with Gasteiger partial charge < -0.3 is 14.5 Å². The van der Waals surface area contributed by atoms with Gasteiger partial charge in [0.1, 0.15) is 11.5 Å². The van der Waals surface area contributed by atoms with Gasteiger partial charge >= 0.3 is 0 Å². The third-order valence-electron chi connectivity index (χ3n) is 2.46. The van der Waals surface area contributed by atoms with Crippen LogP contribution in [0.2, 0.25) is 0 Å². The fourth-order valence-electron chi connectivity index (χ4n) is 1.63. The van der Waals surface area contributed by atoms with Crippen LogP contribution in [0.3, 0.4) is 0 Å². The minimum absolute atomic E-state index is 0.258. The Labute approximate surface area is 108 Å². The summed E-state index contributed by atoms with van der Waals surface area (Å²) in [5.41, 5.74) is 1.09. The normalized spacial score (nSPS) is 10.1. The molecule has 2 rings (SSSR count). The monoisotopic (exact) mass is 264 g/mol. The van der Waals surface area contributed by atoms with Crippen LogP contribution in [0, 0.1) is 4.77 Å². The minimum Gasteiger partial charge on any atom is -0.497 e. The van der Waals surface area contributed by atoms with Gasteiger partial charge in [0.25, 0.3) is 5.56 Å². The molecule has 18 heavy (non-hydrogen) atoms. The second kappa shape index (κ2) is 5.05. The third kappa shape index (κ3) is 2.43. The van der Waals surface area contributed by atoms with Gasteiger partial charge in [-0.15, -0.1) is 0 Å². The molecule has 0 unspecified atom stereocenters. The van der Waals surface area contributed by atoms with Gasteiger partial charge in [-0.3, -0.25) is 9.78 Å². The van der Waals surface area contributed by atoms with E-state index >= 15 is 0 Å². The highest BCUT2D eigenvalue weighted by atomic mass is 32.1. The number of hydrogen-bond donors (Lipinski definition) is 2. The number of nitrogens with one attached hydrogen (secondary N) is 2. The Morgan fingerprint density at radius 3 is 2.50 bits per heavy atom. The highest BCUT2D eigenvalue weighted by molar-refractivity contribution is 7.71. The molecule has 0 atom stereocenters. The van der Waals surface area contributed by atoms with Crippen molar-refractivity contribution in [2.45, 2.75) is 0 Å². The summed E-state index contributed by atoms with van der Waals surface area (Å²) in [5.74, 6) is 1.28. The van der Waals surface area contributed by atoms with Crippen LogP contribution in [0.15, 0.2) is 29.1 Å². The standard InChI is InChI=1S/C12H12N2O3S/c1-16-7-3-4-8(10(5-7)17-2)9-6-11(15)14-12(18)13-9/h3-6H,1-2H3,(H2,13,14,15,18). The van der Waals surface area contributed by atoms with E-state index in [1.54, 1.807) is 32.4 Å². The lowest BCUT2D eigenvalue weighted by atomic mass is 10.1. The van der Waals surface area contributed by atoms with Crippen LogP contribution < -0.4 is 15.0 Å². The average Bonchev–Trinajstić information content (AvgIpc) is 2.36. The van der Waals surface area contributed by atoms with Crippen molar-refractivity contribution in [1.29, 1.82) is 0 Å². The van der Waals surface area contributed by atoms with Crippen LogP contribution in [0.1, 0.15) is 0 Å². The molecule has 2 aromatic rings. The molecule has 0 aliphatic heterocycles. The number of benzene rings is 1. The summed E-state index contributed by atoms with van der Waals surface area (Å²) in [5, 5.41) is 0. The number of rotatable bonds is 3. The van der Waals surface area contributed by atoms with E-state index in [-0.39, 0.29) is 10.3 Å². The van der Waals surface area contributed by atoms with Gasteiger partial charge in [0.2, 0.25) is 0 Å². The molecule has 0 aliphatic rings. The Morgan fingerprint density at radius 1 is 1.11 bits per heavy atom. The lowest BCUT2D eigenvalue weighted by Crippen LogP contribution is -2.06. The number of aromatic amines is 2. The number of ether oxygens (including phenoxy) is 2. The maximum Gasteiger partial charge on any atom is 0.252 e. The largest absolute Gasteiger partial charge is 0.497 e. The van der Waals surface area contributed by atoms with Gasteiger partial charge in [-0.1, -0.05) is 0 Å². The zero-order chi connectivity index (χ0) is 13.1. The molecule has 5 nitrogen and oxygen atoms in total. The molecule has 0 aliphatic carbocycles. The first-order chi connectivity index (χ1) is 8.63. The van der Waals surface area contributed by atoms with Crippen molar-refractivity contribution in [3.8, 4) is 22.8 Å². The molecule has 0 bridgehead atoms. The molecule has 0 fully saturated rings. The molecule has 0 spiro atoms. The average molecular weight is 264 g/mol. The molecule has 0 radical (unpaired) electrons. The fourth-order valence-corrected chi connectivity index (χ4v) is 1.85. The highest BCUT2D eigenvalue weighted by Gasteiger charge is 2.08. The summed E-state index contributed by atoms with van der Waals surface area (Å²) < 4.78 is 10.7. The molecule has 1 aromatic heterocycles. The summed E-state index contributed by atoms with van der Waals surface area (Å²) in [6, 6.07) is 6.77. The second-order valence-electron chi connectivity index (χ2n) is 3.57. The van der Waals surface area contributed by atoms with E-state index in [9.17, 15) is 4.79 Å². The number of methoxy groups -OCH3 is 2. The quantitative estimate of drug-likeness (QED) is 0.833. The Morgan fingerprint density at radius 2 is 1.89 bits per heavy atom. The number of aromatic nitrogens is 2. The highest BCUT2D eigenvalue weighted by Crippen LogP contribution is 2.31. The van der Waals surface area contributed by atoms with Crippen LogP contribution in [0.5, 0.6) is 11.5 Å². The topological polar surface area (TPSA) is 67.1 Å². The summed E-state index contributed by atoms with van der Waals surface area (Å²) in [4.78, 5) is 16.8. The van der Waals surface area contributed by atoms with E-state index in [0.29, 0.717) is 17.2 Å². The van der Waals surface area contributed by atoms with Crippen molar-refractivity contribution >= 4 is 12.2 Å². The predicted molar refractivity (Wildman–Crippen MR) is 70.8 cm³/mol. The summed E-state index contributed by atoms with van der Waals surface area (Å²) >= 11 is 4.94. The molecule has 0 saturated heterocycles. The molecule has 6 heteroatoms. The van der Waals surface area contributed by atoms with Crippen molar-refractivity contribution in [2.75, 3.05) is 14.2 Å². The van der Waals surface area contributed by atoms with Crippen molar-refractivity contribution < 1.29 is 9.47 Å². The van der Waals surface area contributed by atoms with Gasteiger partial charge in [0, 0.05) is 17.7 Å². The van der Waals surface area contributed by atoms with Crippen LogP contribution in [-0.2, 0) is 0 Å². The Balaban J connectivity index is 2.63. The van der Waals surface area contributed by atoms with Crippen LogP contribution >= 0.6 is 12.2 Å². The third-order valence-corrected chi connectivity index (χ3v) is 2.66. The van der Waals surface area contributed by atoms with Gasteiger partial charge in [-0.05, 0) is 24.4 Å². The van der Waals surface area contributed by atoms with Crippen molar-refractivity contribution in [1.82, 2.24) is 9.97 Å².